The van der Waals surface area contributed by atoms with Gasteiger partial charge in [-0.05, 0) is 24.7 Å². The highest BCUT2D eigenvalue weighted by Gasteiger charge is 2.46. The minimum absolute atomic E-state index is 0.672. The zero-order valence-corrected chi connectivity index (χ0v) is 9.47. The summed E-state index contributed by atoms with van der Waals surface area (Å²) in [6, 6.07) is 0.672. The molecule has 2 rings (SSSR count). The lowest BCUT2D eigenvalue weighted by atomic mass is 9.77. The quantitative estimate of drug-likeness (QED) is 0.745. The topological polar surface area (TPSA) is 29.3 Å². The Balaban J connectivity index is 1.79. The predicted octanol–water partition coefficient (Wildman–Crippen LogP) is 1.99. The van der Waals surface area contributed by atoms with Crippen molar-refractivity contribution in [2.24, 2.45) is 11.1 Å². The minimum Gasteiger partial charge on any atom is -0.329 e. The molecule has 14 heavy (non-hydrogen) atoms. The Morgan fingerprint density at radius 1 is 1.29 bits per heavy atom. The fraction of sp³-hybridized carbons (Fsp3) is 1.00. The van der Waals surface area contributed by atoms with Gasteiger partial charge >= 0.3 is 0 Å². The maximum absolute atomic E-state index is 5.81. The first-order valence-corrected chi connectivity index (χ1v) is 6.24. The predicted molar refractivity (Wildman–Crippen MR) is 60.2 cm³/mol. The van der Waals surface area contributed by atoms with Crippen LogP contribution in [0.2, 0.25) is 0 Å². The van der Waals surface area contributed by atoms with Gasteiger partial charge in [0.1, 0.15) is 0 Å². The van der Waals surface area contributed by atoms with Crippen LogP contribution in [0.4, 0.5) is 0 Å². The molecule has 1 aliphatic carbocycles. The molecule has 1 saturated carbocycles. The third kappa shape index (κ3) is 1.82. The van der Waals surface area contributed by atoms with E-state index in [-0.39, 0.29) is 0 Å². The third-order valence-corrected chi connectivity index (χ3v) is 4.15. The Morgan fingerprint density at radius 2 is 1.93 bits per heavy atom. The van der Waals surface area contributed by atoms with Gasteiger partial charge in [0.2, 0.25) is 0 Å². The average Bonchev–Trinajstić information content (AvgIpc) is 2.60. The van der Waals surface area contributed by atoms with E-state index >= 15 is 0 Å². The molecule has 1 spiro atoms. The second kappa shape index (κ2) is 4.19. The molecule has 2 aliphatic rings. The van der Waals surface area contributed by atoms with Gasteiger partial charge in [-0.25, -0.2) is 0 Å². The van der Waals surface area contributed by atoms with Gasteiger partial charge in [0, 0.05) is 25.7 Å². The van der Waals surface area contributed by atoms with E-state index in [1.54, 1.807) is 0 Å². The lowest BCUT2D eigenvalue weighted by molar-refractivity contribution is -0.0267. The van der Waals surface area contributed by atoms with Gasteiger partial charge in [-0.1, -0.05) is 26.2 Å². The maximum atomic E-state index is 5.81. The van der Waals surface area contributed by atoms with Crippen molar-refractivity contribution in [3.05, 3.63) is 0 Å². The molecule has 1 atom stereocenters. The van der Waals surface area contributed by atoms with E-state index in [2.05, 4.69) is 11.8 Å². The smallest absolute Gasteiger partial charge is 0.0218 e. The van der Waals surface area contributed by atoms with Gasteiger partial charge in [-0.15, -0.1) is 0 Å². The molecule has 0 amide bonds. The normalized spacial score (nSPS) is 27.9. The summed E-state index contributed by atoms with van der Waals surface area (Å²) in [4.78, 5) is 2.62. The van der Waals surface area contributed by atoms with Gasteiger partial charge in [-0.3, -0.25) is 4.90 Å². The summed E-state index contributed by atoms with van der Waals surface area (Å²) in [7, 11) is 0. The van der Waals surface area contributed by atoms with Crippen LogP contribution in [0.3, 0.4) is 0 Å². The molecule has 82 valence electrons. The van der Waals surface area contributed by atoms with Crippen molar-refractivity contribution in [3.63, 3.8) is 0 Å². The Kier molecular flexibility index (Phi) is 3.13. The SMILES string of the molecule is CCCC(CN)N1CC2(CCCC2)C1. The molecule has 2 heteroatoms. The Hall–Kier alpha value is -0.0800. The van der Waals surface area contributed by atoms with Crippen LogP contribution in [0.1, 0.15) is 45.4 Å². The van der Waals surface area contributed by atoms with E-state index < -0.39 is 0 Å². The standard InChI is InChI=1S/C12H24N2/c1-2-5-11(8-13)14-9-12(10-14)6-3-4-7-12/h11H,2-10,13H2,1H3. The fourth-order valence-corrected chi connectivity index (χ4v) is 3.30. The number of likely N-dealkylation sites (tertiary alicyclic amines) is 1. The summed E-state index contributed by atoms with van der Waals surface area (Å²) in [5.41, 5.74) is 6.55. The highest BCUT2D eigenvalue weighted by atomic mass is 15.2. The summed E-state index contributed by atoms with van der Waals surface area (Å²) < 4.78 is 0. The van der Waals surface area contributed by atoms with E-state index in [1.165, 1.54) is 51.6 Å². The van der Waals surface area contributed by atoms with Crippen molar-refractivity contribution in [1.29, 1.82) is 0 Å². The van der Waals surface area contributed by atoms with E-state index in [0.717, 1.165) is 12.0 Å². The van der Waals surface area contributed by atoms with Crippen molar-refractivity contribution >= 4 is 0 Å². The van der Waals surface area contributed by atoms with Gasteiger partial charge in [0.25, 0.3) is 0 Å². The first-order chi connectivity index (χ1) is 6.79. The van der Waals surface area contributed by atoms with Crippen LogP contribution in [0, 0.1) is 5.41 Å². The Morgan fingerprint density at radius 3 is 2.43 bits per heavy atom. The monoisotopic (exact) mass is 196 g/mol. The van der Waals surface area contributed by atoms with Crippen LogP contribution >= 0.6 is 0 Å². The first kappa shape index (κ1) is 10.4. The number of hydrogen-bond donors (Lipinski definition) is 1. The molecular formula is C12H24N2. The zero-order valence-electron chi connectivity index (χ0n) is 9.47. The number of nitrogens with two attached hydrogens (primary N) is 1. The van der Waals surface area contributed by atoms with Crippen molar-refractivity contribution in [2.75, 3.05) is 19.6 Å². The summed E-state index contributed by atoms with van der Waals surface area (Å²) in [6.07, 6.45) is 8.45. The lowest BCUT2D eigenvalue weighted by Crippen LogP contribution is -2.60. The van der Waals surface area contributed by atoms with Crippen LogP contribution < -0.4 is 5.73 Å². The average molecular weight is 196 g/mol. The van der Waals surface area contributed by atoms with E-state index in [4.69, 9.17) is 5.73 Å². The van der Waals surface area contributed by atoms with E-state index in [1.807, 2.05) is 0 Å². The molecule has 2 fully saturated rings. The molecule has 1 unspecified atom stereocenters. The lowest BCUT2D eigenvalue weighted by Gasteiger charge is -2.52. The molecule has 1 heterocycles. The summed E-state index contributed by atoms with van der Waals surface area (Å²) in [5.74, 6) is 0. The van der Waals surface area contributed by atoms with Crippen LogP contribution in [0.15, 0.2) is 0 Å². The summed E-state index contributed by atoms with van der Waals surface area (Å²) in [5, 5.41) is 0. The Labute approximate surface area is 87.8 Å². The Bertz CT molecular complexity index is 177. The molecule has 0 aromatic rings. The number of nitrogens with zero attached hydrogens (tertiary/aromatic N) is 1. The molecule has 0 aromatic carbocycles. The fourth-order valence-electron chi connectivity index (χ4n) is 3.30. The van der Waals surface area contributed by atoms with Gasteiger partial charge in [0.05, 0.1) is 0 Å². The molecule has 0 radical (unpaired) electrons. The maximum Gasteiger partial charge on any atom is 0.0218 e. The molecule has 1 aliphatic heterocycles. The number of hydrogen-bond acceptors (Lipinski definition) is 2. The first-order valence-electron chi connectivity index (χ1n) is 6.24. The van der Waals surface area contributed by atoms with Crippen molar-refractivity contribution < 1.29 is 0 Å². The zero-order chi connectivity index (χ0) is 10.0. The van der Waals surface area contributed by atoms with Crippen molar-refractivity contribution in [2.45, 2.75) is 51.5 Å². The highest BCUT2D eigenvalue weighted by molar-refractivity contribution is 5.00. The highest BCUT2D eigenvalue weighted by Crippen LogP contribution is 2.46. The van der Waals surface area contributed by atoms with Crippen molar-refractivity contribution in [1.82, 2.24) is 4.90 Å². The van der Waals surface area contributed by atoms with Gasteiger partial charge in [-0.2, -0.15) is 0 Å². The molecule has 2 N–H and O–H groups in total. The van der Waals surface area contributed by atoms with Gasteiger partial charge in [0.15, 0.2) is 0 Å². The second-order valence-electron chi connectivity index (χ2n) is 5.29. The van der Waals surface area contributed by atoms with E-state index in [0.29, 0.717) is 6.04 Å². The summed E-state index contributed by atoms with van der Waals surface area (Å²) in [6.45, 7) is 5.79. The summed E-state index contributed by atoms with van der Waals surface area (Å²) >= 11 is 0. The largest absolute Gasteiger partial charge is 0.329 e. The third-order valence-electron chi connectivity index (χ3n) is 4.15. The molecule has 1 saturated heterocycles. The number of rotatable bonds is 4. The second-order valence-corrected chi connectivity index (χ2v) is 5.29. The van der Waals surface area contributed by atoms with E-state index in [9.17, 15) is 0 Å². The van der Waals surface area contributed by atoms with Crippen LogP contribution in [0.25, 0.3) is 0 Å². The van der Waals surface area contributed by atoms with Crippen LogP contribution in [-0.2, 0) is 0 Å². The molecule has 2 nitrogen and oxygen atoms in total. The minimum atomic E-state index is 0.672. The molecule has 0 bridgehead atoms. The van der Waals surface area contributed by atoms with Crippen LogP contribution in [0.5, 0.6) is 0 Å². The van der Waals surface area contributed by atoms with Gasteiger partial charge < -0.3 is 5.73 Å². The van der Waals surface area contributed by atoms with Crippen LogP contribution in [-0.4, -0.2) is 30.6 Å². The van der Waals surface area contributed by atoms with Crippen molar-refractivity contribution in [3.8, 4) is 0 Å². The molecule has 0 aromatic heterocycles. The molecular weight excluding hydrogens is 172 g/mol.